The summed E-state index contributed by atoms with van der Waals surface area (Å²) in [6.45, 7) is 2.82. The summed E-state index contributed by atoms with van der Waals surface area (Å²) in [4.78, 5) is 17.1. The first kappa shape index (κ1) is 12.4. The minimum absolute atomic E-state index is 0.292. The SMILES string of the molecule is CC(C)(C=O)Oc1cc(C(F)(F)F)ncn1. The Morgan fingerprint density at radius 1 is 1.31 bits per heavy atom. The average molecular weight is 234 g/mol. The monoisotopic (exact) mass is 234 g/mol. The summed E-state index contributed by atoms with van der Waals surface area (Å²) in [5.74, 6) is -0.292. The highest BCUT2D eigenvalue weighted by Gasteiger charge is 2.33. The van der Waals surface area contributed by atoms with Gasteiger partial charge in [-0.1, -0.05) is 0 Å². The third kappa shape index (κ3) is 3.18. The molecular formula is C9H9F3N2O2. The lowest BCUT2D eigenvalue weighted by atomic mass is 10.2. The van der Waals surface area contributed by atoms with Crippen molar-refractivity contribution in [3.63, 3.8) is 0 Å². The summed E-state index contributed by atoms with van der Waals surface area (Å²) in [5.41, 5.74) is -2.34. The Morgan fingerprint density at radius 2 is 1.94 bits per heavy atom. The number of aldehydes is 1. The minimum Gasteiger partial charge on any atom is -0.464 e. The number of ether oxygens (including phenoxy) is 1. The molecule has 0 unspecified atom stereocenters. The molecule has 0 bridgehead atoms. The number of rotatable bonds is 3. The zero-order valence-electron chi connectivity index (χ0n) is 8.58. The molecular weight excluding hydrogens is 225 g/mol. The van der Waals surface area contributed by atoms with Crippen molar-refractivity contribution in [2.45, 2.75) is 25.6 Å². The second-order valence-corrected chi connectivity index (χ2v) is 3.56. The predicted octanol–water partition coefficient (Wildman–Crippen LogP) is 1.85. The maximum Gasteiger partial charge on any atom is 0.433 e. The number of halogens is 3. The molecule has 0 saturated heterocycles. The summed E-state index contributed by atoms with van der Waals surface area (Å²) in [6, 6.07) is 0.644. The molecule has 0 amide bonds. The lowest BCUT2D eigenvalue weighted by Gasteiger charge is -2.18. The molecule has 0 aromatic carbocycles. The Kier molecular flexibility index (Phi) is 3.16. The molecule has 7 heteroatoms. The Labute approximate surface area is 89.5 Å². The molecule has 0 saturated carbocycles. The lowest BCUT2D eigenvalue weighted by Crippen LogP contribution is -2.30. The summed E-state index contributed by atoms with van der Waals surface area (Å²) in [5, 5.41) is 0. The zero-order valence-corrected chi connectivity index (χ0v) is 8.58. The first-order valence-electron chi connectivity index (χ1n) is 4.29. The summed E-state index contributed by atoms with van der Waals surface area (Å²) < 4.78 is 41.8. The maximum absolute atomic E-state index is 12.3. The Hall–Kier alpha value is -1.66. The summed E-state index contributed by atoms with van der Waals surface area (Å²) in [6.07, 6.45) is -3.35. The van der Waals surface area contributed by atoms with Gasteiger partial charge in [0.15, 0.2) is 17.6 Å². The molecule has 4 nitrogen and oxygen atoms in total. The molecule has 0 aliphatic heterocycles. The van der Waals surface area contributed by atoms with Crippen molar-refractivity contribution in [3.05, 3.63) is 18.1 Å². The van der Waals surface area contributed by atoms with Crippen LogP contribution in [-0.2, 0) is 11.0 Å². The molecule has 0 aliphatic rings. The van der Waals surface area contributed by atoms with Crippen LogP contribution in [-0.4, -0.2) is 21.9 Å². The number of hydrogen-bond acceptors (Lipinski definition) is 4. The van der Waals surface area contributed by atoms with Crippen LogP contribution in [0.3, 0.4) is 0 Å². The second-order valence-electron chi connectivity index (χ2n) is 3.56. The van der Waals surface area contributed by atoms with Gasteiger partial charge in [-0.25, -0.2) is 9.97 Å². The van der Waals surface area contributed by atoms with Crippen LogP contribution in [0.4, 0.5) is 13.2 Å². The normalized spacial score (nSPS) is 12.3. The van der Waals surface area contributed by atoms with Crippen molar-refractivity contribution in [2.75, 3.05) is 0 Å². The highest BCUT2D eigenvalue weighted by molar-refractivity contribution is 5.61. The first-order valence-corrected chi connectivity index (χ1v) is 4.29. The van der Waals surface area contributed by atoms with Gasteiger partial charge < -0.3 is 4.74 Å². The van der Waals surface area contributed by atoms with Gasteiger partial charge in [0, 0.05) is 6.07 Å². The van der Waals surface area contributed by atoms with Crippen molar-refractivity contribution in [2.24, 2.45) is 0 Å². The van der Waals surface area contributed by atoms with E-state index in [0.717, 1.165) is 6.33 Å². The van der Waals surface area contributed by atoms with Crippen LogP contribution in [0.25, 0.3) is 0 Å². The second kappa shape index (κ2) is 4.07. The van der Waals surface area contributed by atoms with Crippen LogP contribution in [0.5, 0.6) is 5.88 Å². The minimum atomic E-state index is -4.56. The Bertz CT molecular complexity index is 391. The largest absolute Gasteiger partial charge is 0.464 e. The molecule has 0 fully saturated rings. The molecule has 1 heterocycles. The van der Waals surface area contributed by atoms with Crippen molar-refractivity contribution >= 4 is 6.29 Å². The van der Waals surface area contributed by atoms with Gasteiger partial charge in [0.25, 0.3) is 0 Å². The van der Waals surface area contributed by atoms with E-state index >= 15 is 0 Å². The molecule has 1 aromatic rings. The van der Waals surface area contributed by atoms with E-state index in [1.165, 1.54) is 13.8 Å². The van der Waals surface area contributed by atoms with Crippen molar-refractivity contribution in [1.82, 2.24) is 9.97 Å². The topological polar surface area (TPSA) is 52.1 Å². The van der Waals surface area contributed by atoms with Crippen molar-refractivity contribution in [3.8, 4) is 5.88 Å². The quantitative estimate of drug-likeness (QED) is 0.749. The van der Waals surface area contributed by atoms with E-state index in [0.29, 0.717) is 12.4 Å². The number of alkyl halides is 3. The molecule has 0 spiro atoms. The Morgan fingerprint density at radius 3 is 2.44 bits per heavy atom. The Balaban J connectivity index is 2.96. The smallest absolute Gasteiger partial charge is 0.433 e. The lowest BCUT2D eigenvalue weighted by molar-refractivity contribution is -0.141. The average Bonchev–Trinajstić information content (AvgIpc) is 2.16. The van der Waals surface area contributed by atoms with Crippen LogP contribution in [0.1, 0.15) is 19.5 Å². The van der Waals surface area contributed by atoms with Crippen molar-refractivity contribution in [1.29, 1.82) is 0 Å². The summed E-state index contributed by atoms with van der Waals surface area (Å²) >= 11 is 0. The molecule has 0 radical (unpaired) electrons. The number of aromatic nitrogens is 2. The van der Waals surface area contributed by atoms with E-state index in [9.17, 15) is 18.0 Å². The van der Waals surface area contributed by atoms with E-state index in [-0.39, 0.29) is 5.88 Å². The van der Waals surface area contributed by atoms with Crippen LogP contribution >= 0.6 is 0 Å². The predicted molar refractivity (Wildman–Crippen MR) is 47.8 cm³/mol. The molecule has 0 aliphatic carbocycles. The van der Waals surface area contributed by atoms with Gasteiger partial charge in [-0.15, -0.1) is 0 Å². The van der Waals surface area contributed by atoms with Gasteiger partial charge in [-0.3, -0.25) is 4.79 Å². The molecule has 88 valence electrons. The van der Waals surface area contributed by atoms with Gasteiger partial charge >= 0.3 is 6.18 Å². The number of carbonyl (C=O) groups is 1. The number of carbonyl (C=O) groups excluding carboxylic acids is 1. The van der Waals surface area contributed by atoms with Crippen molar-refractivity contribution < 1.29 is 22.7 Å². The van der Waals surface area contributed by atoms with Gasteiger partial charge in [0.1, 0.15) is 6.33 Å². The van der Waals surface area contributed by atoms with Crippen LogP contribution in [0.15, 0.2) is 12.4 Å². The van der Waals surface area contributed by atoms with E-state index in [1.807, 2.05) is 0 Å². The fraction of sp³-hybridized carbons (Fsp3) is 0.444. The standard InChI is InChI=1S/C9H9F3N2O2/c1-8(2,4-15)16-7-3-6(9(10,11)12)13-5-14-7/h3-5H,1-2H3. The third-order valence-corrected chi connectivity index (χ3v) is 1.58. The molecule has 0 atom stereocenters. The van der Waals surface area contributed by atoms with Crippen LogP contribution < -0.4 is 4.74 Å². The first-order chi connectivity index (χ1) is 7.24. The molecule has 0 N–H and O–H groups in total. The van der Waals surface area contributed by atoms with E-state index < -0.39 is 17.5 Å². The van der Waals surface area contributed by atoms with Gasteiger partial charge in [0.2, 0.25) is 5.88 Å². The van der Waals surface area contributed by atoms with Gasteiger partial charge in [-0.2, -0.15) is 13.2 Å². The molecule has 16 heavy (non-hydrogen) atoms. The van der Waals surface area contributed by atoms with E-state index in [1.54, 1.807) is 0 Å². The fourth-order valence-electron chi connectivity index (χ4n) is 0.844. The summed E-state index contributed by atoms with van der Waals surface area (Å²) in [7, 11) is 0. The maximum atomic E-state index is 12.3. The van der Waals surface area contributed by atoms with E-state index in [4.69, 9.17) is 4.74 Å². The van der Waals surface area contributed by atoms with E-state index in [2.05, 4.69) is 9.97 Å². The fourth-order valence-corrected chi connectivity index (χ4v) is 0.844. The number of nitrogens with zero attached hydrogens (tertiary/aromatic N) is 2. The number of hydrogen-bond donors (Lipinski definition) is 0. The molecule has 1 aromatic heterocycles. The van der Waals surface area contributed by atoms with Gasteiger partial charge in [-0.05, 0) is 13.8 Å². The van der Waals surface area contributed by atoms with Crippen LogP contribution in [0.2, 0.25) is 0 Å². The zero-order chi connectivity index (χ0) is 12.4. The third-order valence-electron chi connectivity index (χ3n) is 1.58. The van der Waals surface area contributed by atoms with Crippen LogP contribution in [0, 0.1) is 0 Å². The highest BCUT2D eigenvalue weighted by Crippen LogP contribution is 2.29. The highest BCUT2D eigenvalue weighted by atomic mass is 19.4. The van der Waals surface area contributed by atoms with Gasteiger partial charge in [0.05, 0.1) is 0 Å². The molecule has 1 rings (SSSR count).